The van der Waals surface area contributed by atoms with E-state index in [2.05, 4.69) is 37.9 Å². The van der Waals surface area contributed by atoms with Gasteiger partial charge >= 0.3 is 0 Å². The van der Waals surface area contributed by atoms with Crippen LogP contribution in [0.5, 0.6) is 0 Å². The van der Waals surface area contributed by atoms with Crippen molar-refractivity contribution in [3.8, 4) is 12.1 Å². The molecule has 1 aliphatic rings. The first-order chi connectivity index (χ1) is 8.74. The third-order valence-electron chi connectivity index (χ3n) is 3.09. The molecule has 0 atom stereocenters. The van der Waals surface area contributed by atoms with Crippen LogP contribution in [0.2, 0.25) is 0 Å². The minimum Gasteiger partial charge on any atom is -0.368 e. The highest BCUT2D eigenvalue weighted by Gasteiger charge is 2.18. The van der Waals surface area contributed by atoms with E-state index in [-0.39, 0.29) is 0 Å². The Labute approximate surface area is 115 Å². The van der Waals surface area contributed by atoms with E-state index in [0.717, 1.165) is 36.3 Å². The van der Waals surface area contributed by atoms with Gasteiger partial charge in [0, 0.05) is 30.7 Å². The number of hydrogen-bond acceptors (Lipinski definition) is 4. The van der Waals surface area contributed by atoms with Gasteiger partial charge in [-0.15, -0.1) is 0 Å². The van der Waals surface area contributed by atoms with Crippen molar-refractivity contribution in [1.82, 2.24) is 4.90 Å². The molecule has 0 unspecified atom stereocenters. The van der Waals surface area contributed by atoms with Crippen molar-refractivity contribution in [2.75, 3.05) is 37.6 Å². The van der Waals surface area contributed by atoms with Gasteiger partial charge in [0.2, 0.25) is 0 Å². The van der Waals surface area contributed by atoms with Crippen LogP contribution < -0.4 is 4.90 Å². The molecule has 0 N–H and O–H groups in total. The Hall–Kier alpha value is -1.56. The van der Waals surface area contributed by atoms with Crippen molar-refractivity contribution in [2.24, 2.45) is 0 Å². The second-order valence-corrected chi connectivity index (χ2v) is 5.11. The summed E-state index contributed by atoms with van der Waals surface area (Å²) in [6.07, 6.45) is 0. The molecule has 1 aromatic carbocycles. The SMILES string of the molecule is N#CCN1CCN(c2ccc(Br)cc2C#N)CC1. The van der Waals surface area contributed by atoms with Gasteiger partial charge in [-0.05, 0) is 18.2 Å². The van der Waals surface area contributed by atoms with Gasteiger partial charge in [0.1, 0.15) is 6.07 Å². The van der Waals surface area contributed by atoms with Crippen molar-refractivity contribution in [2.45, 2.75) is 0 Å². The standard InChI is InChI=1S/C13H13BrN4/c14-12-1-2-13(11(9-12)10-16)18-7-5-17(4-3-15)6-8-18/h1-2,9H,4-8H2. The zero-order valence-electron chi connectivity index (χ0n) is 9.93. The summed E-state index contributed by atoms with van der Waals surface area (Å²) in [4.78, 5) is 4.33. The number of piperazine rings is 1. The average molecular weight is 305 g/mol. The molecule has 4 nitrogen and oxygen atoms in total. The molecule has 0 amide bonds. The number of nitriles is 2. The van der Waals surface area contributed by atoms with Gasteiger partial charge in [0.05, 0.1) is 23.9 Å². The molecule has 0 radical (unpaired) electrons. The molecule has 1 heterocycles. The largest absolute Gasteiger partial charge is 0.368 e. The molecule has 0 aliphatic carbocycles. The zero-order chi connectivity index (χ0) is 13.0. The molecule has 5 heteroatoms. The Morgan fingerprint density at radius 1 is 1.17 bits per heavy atom. The van der Waals surface area contributed by atoms with E-state index in [1.807, 2.05) is 18.2 Å². The van der Waals surface area contributed by atoms with Gasteiger partial charge in [-0.25, -0.2) is 0 Å². The summed E-state index contributed by atoms with van der Waals surface area (Å²) < 4.78 is 0.922. The van der Waals surface area contributed by atoms with E-state index in [0.29, 0.717) is 12.1 Å². The lowest BCUT2D eigenvalue weighted by molar-refractivity contribution is 0.287. The molecular formula is C13H13BrN4. The molecule has 18 heavy (non-hydrogen) atoms. The maximum Gasteiger partial charge on any atom is 0.101 e. The normalized spacial score (nSPS) is 16.1. The van der Waals surface area contributed by atoms with E-state index < -0.39 is 0 Å². The molecule has 1 fully saturated rings. The zero-order valence-corrected chi connectivity index (χ0v) is 11.5. The molecule has 1 saturated heterocycles. The smallest absolute Gasteiger partial charge is 0.101 e. The highest BCUT2D eigenvalue weighted by atomic mass is 79.9. The van der Waals surface area contributed by atoms with E-state index >= 15 is 0 Å². The monoisotopic (exact) mass is 304 g/mol. The van der Waals surface area contributed by atoms with Gasteiger partial charge < -0.3 is 4.90 Å². The van der Waals surface area contributed by atoms with Crippen molar-refractivity contribution < 1.29 is 0 Å². The Kier molecular flexibility index (Phi) is 4.19. The lowest BCUT2D eigenvalue weighted by Gasteiger charge is -2.35. The van der Waals surface area contributed by atoms with Crippen molar-refractivity contribution in [3.05, 3.63) is 28.2 Å². The summed E-state index contributed by atoms with van der Waals surface area (Å²) in [5.74, 6) is 0. The summed E-state index contributed by atoms with van der Waals surface area (Å²) in [5.41, 5.74) is 1.68. The maximum atomic E-state index is 9.16. The highest BCUT2D eigenvalue weighted by Crippen LogP contribution is 2.24. The van der Waals surface area contributed by atoms with Crippen LogP contribution in [0.25, 0.3) is 0 Å². The molecule has 1 aliphatic heterocycles. The number of rotatable bonds is 2. The predicted octanol–water partition coefficient (Wildman–Crippen LogP) is 1.97. The predicted molar refractivity (Wildman–Crippen MR) is 73.1 cm³/mol. The fraction of sp³-hybridized carbons (Fsp3) is 0.385. The minimum atomic E-state index is 0.485. The van der Waals surface area contributed by atoms with E-state index in [1.165, 1.54) is 0 Å². The fourth-order valence-electron chi connectivity index (χ4n) is 2.12. The summed E-state index contributed by atoms with van der Waals surface area (Å²) in [6, 6.07) is 10.2. The first-order valence-corrected chi connectivity index (χ1v) is 6.58. The molecule has 92 valence electrons. The first-order valence-electron chi connectivity index (χ1n) is 5.78. The van der Waals surface area contributed by atoms with E-state index in [1.54, 1.807) is 0 Å². The number of halogens is 1. The van der Waals surface area contributed by atoms with Crippen LogP contribution >= 0.6 is 15.9 Å². The molecule has 2 rings (SSSR count). The quantitative estimate of drug-likeness (QED) is 0.784. The Balaban J connectivity index is 2.11. The van der Waals surface area contributed by atoms with Crippen LogP contribution in [0.15, 0.2) is 22.7 Å². The number of benzene rings is 1. The van der Waals surface area contributed by atoms with Crippen LogP contribution in [0.4, 0.5) is 5.69 Å². The third-order valence-corrected chi connectivity index (χ3v) is 3.58. The Bertz CT molecular complexity index is 507. The third kappa shape index (κ3) is 2.81. The van der Waals surface area contributed by atoms with Gasteiger partial charge in [-0.3, -0.25) is 4.90 Å². The Morgan fingerprint density at radius 3 is 2.50 bits per heavy atom. The molecular weight excluding hydrogens is 292 g/mol. The van der Waals surface area contributed by atoms with Gasteiger partial charge in [0.15, 0.2) is 0 Å². The highest BCUT2D eigenvalue weighted by molar-refractivity contribution is 9.10. The van der Waals surface area contributed by atoms with Gasteiger partial charge in [-0.2, -0.15) is 10.5 Å². The topological polar surface area (TPSA) is 54.1 Å². The summed E-state index contributed by atoms with van der Waals surface area (Å²) in [5, 5.41) is 17.8. The maximum absolute atomic E-state index is 9.16. The number of hydrogen-bond donors (Lipinski definition) is 0. The number of nitrogens with zero attached hydrogens (tertiary/aromatic N) is 4. The summed E-state index contributed by atoms with van der Waals surface area (Å²) in [7, 11) is 0. The summed E-state index contributed by atoms with van der Waals surface area (Å²) >= 11 is 3.38. The molecule has 1 aromatic rings. The lowest BCUT2D eigenvalue weighted by Crippen LogP contribution is -2.46. The van der Waals surface area contributed by atoms with Crippen LogP contribution in [0, 0.1) is 22.7 Å². The van der Waals surface area contributed by atoms with Crippen LogP contribution in [-0.2, 0) is 0 Å². The second-order valence-electron chi connectivity index (χ2n) is 4.19. The van der Waals surface area contributed by atoms with E-state index in [9.17, 15) is 0 Å². The lowest BCUT2D eigenvalue weighted by atomic mass is 10.1. The second kappa shape index (κ2) is 5.86. The van der Waals surface area contributed by atoms with Crippen molar-refractivity contribution >= 4 is 21.6 Å². The van der Waals surface area contributed by atoms with Crippen molar-refractivity contribution in [3.63, 3.8) is 0 Å². The van der Waals surface area contributed by atoms with Crippen LogP contribution in [0.3, 0.4) is 0 Å². The van der Waals surface area contributed by atoms with Crippen molar-refractivity contribution in [1.29, 1.82) is 10.5 Å². The molecule has 0 bridgehead atoms. The number of anilines is 1. The van der Waals surface area contributed by atoms with Crippen LogP contribution in [0.1, 0.15) is 5.56 Å². The van der Waals surface area contributed by atoms with Gasteiger partial charge in [0.25, 0.3) is 0 Å². The first kappa shape index (κ1) is 12.9. The van der Waals surface area contributed by atoms with E-state index in [4.69, 9.17) is 10.5 Å². The average Bonchev–Trinajstić information content (AvgIpc) is 2.40. The molecule has 0 saturated carbocycles. The molecule has 0 aromatic heterocycles. The van der Waals surface area contributed by atoms with Crippen LogP contribution in [-0.4, -0.2) is 37.6 Å². The fourth-order valence-corrected chi connectivity index (χ4v) is 2.48. The van der Waals surface area contributed by atoms with Gasteiger partial charge in [-0.1, -0.05) is 15.9 Å². The minimum absolute atomic E-state index is 0.485. The summed E-state index contributed by atoms with van der Waals surface area (Å²) in [6.45, 7) is 3.94. The Morgan fingerprint density at radius 2 is 1.89 bits per heavy atom. The molecule has 0 spiro atoms.